The largest absolute Gasteiger partial charge is 0.469 e. The molecule has 2 aliphatic rings. The maximum Gasteiger partial charge on any atom is 0.310 e. The number of carbonyl (C=O) groups is 1. The standard InChI is InChI=1S/C13H23NO2/c1-9-4-5-13(6-10(9)2)8-14-7-11(13)12(15)16-3/h9-11,14H,4-8H2,1-3H3. The van der Waals surface area contributed by atoms with Gasteiger partial charge in [0.25, 0.3) is 0 Å². The Labute approximate surface area is 97.9 Å². The fourth-order valence-corrected chi connectivity index (χ4v) is 3.50. The van der Waals surface area contributed by atoms with Crippen LogP contribution in [0.5, 0.6) is 0 Å². The number of methoxy groups -OCH3 is 1. The predicted octanol–water partition coefficient (Wildman–Crippen LogP) is 1.82. The molecule has 2 rings (SSSR count). The molecule has 1 saturated carbocycles. The van der Waals surface area contributed by atoms with Gasteiger partial charge in [-0.05, 0) is 36.5 Å². The Bertz CT molecular complexity index is 279. The van der Waals surface area contributed by atoms with E-state index in [1.165, 1.54) is 26.4 Å². The van der Waals surface area contributed by atoms with Gasteiger partial charge in [-0.3, -0.25) is 4.79 Å². The lowest BCUT2D eigenvalue weighted by atomic mass is 9.62. The summed E-state index contributed by atoms with van der Waals surface area (Å²) in [4.78, 5) is 11.8. The molecule has 1 spiro atoms. The van der Waals surface area contributed by atoms with Crippen LogP contribution in [-0.4, -0.2) is 26.2 Å². The fraction of sp³-hybridized carbons (Fsp3) is 0.923. The summed E-state index contributed by atoms with van der Waals surface area (Å²) in [5.74, 6) is 1.57. The second kappa shape index (κ2) is 4.36. The summed E-state index contributed by atoms with van der Waals surface area (Å²) in [7, 11) is 1.50. The van der Waals surface area contributed by atoms with Crippen molar-refractivity contribution in [2.75, 3.05) is 20.2 Å². The highest BCUT2D eigenvalue weighted by molar-refractivity contribution is 5.74. The van der Waals surface area contributed by atoms with E-state index in [4.69, 9.17) is 4.74 Å². The van der Waals surface area contributed by atoms with Crippen LogP contribution in [0.25, 0.3) is 0 Å². The van der Waals surface area contributed by atoms with Crippen LogP contribution in [-0.2, 0) is 9.53 Å². The summed E-state index contributed by atoms with van der Waals surface area (Å²) in [6, 6.07) is 0. The van der Waals surface area contributed by atoms with Gasteiger partial charge in [-0.1, -0.05) is 13.8 Å². The van der Waals surface area contributed by atoms with Crippen molar-refractivity contribution < 1.29 is 9.53 Å². The third-order valence-electron chi connectivity index (χ3n) is 4.85. The maximum absolute atomic E-state index is 11.8. The second-order valence-corrected chi connectivity index (χ2v) is 5.77. The zero-order valence-electron chi connectivity index (χ0n) is 10.6. The van der Waals surface area contributed by atoms with Gasteiger partial charge in [0.05, 0.1) is 13.0 Å². The van der Waals surface area contributed by atoms with Crippen molar-refractivity contribution in [2.45, 2.75) is 33.1 Å². The van der Waals surface area contributed by atoms with E-state index >= 15 is 0 Å². The van der Waals surface area contributed by atoms with Crippen LogP contribution >= 0.6 is 0 Å². The average molecular weight is 225 g/mol. The molecule has 1 aliphatic carbocycles. The molecule has 1 heterocycles. The highest BCUT2D eigenvalue weighted by atomic mass is 16.5. The van der Waals surface area contributed by atoms with Gasteiger partial charge in [-0.15, -0.1) is 0 Å². The smallest absolute Gasteiger partial charge is 0.310 e. The van der Waals surface area contributed by atoms with Crippen molar-refractivity contribution in [3.63, 3.8) is 0 Å². The van der Waals surface area contributed by atoms with E-state index in [0.717, 1.165) is 24.9 Å². The van der Waals surface area contributed by atoms with E-state index in [2.05, 4.69) is 19.2 Å². The Morgan fingerprint density at radius 3 is 2.75 bits per heavy atom. The summed E-state index contributed by atoms with van der Waals surface area (Å²) in [6.45, 7) is 6.43. The number of hydrogen-bond donors (Lipinski definition) is 1. The summed E-state index contributed by atoms with van der Waals surface area (Å²) in [5, 5.41) is 3.38. The Kier molecular flexibility index (Phi) is 3.24. The van der Waals surface area contributed by atoms with E-state index < -0.39 is 0 Å². The molecule has 1 N–H and O–H groups in total. The van der Waals surface area contributed by atoms with Crippen LogP contribution in [0.3, 0.4) is 0 Å². The zero-order valence-corrected chi connectivity index (χ0v) is 10.6. The fourth-order valence-electron chi connectivity index (χ4n) is 3.50. The Morgan fingerprint density at radius 1 is 1.38 bits per heavy atom. The van der Waals surface area contributed by atoms with Crippen molar-refractivity contribution in [1.82, 2.24) is 5.32 Å². The molecule has 1 saturated heterocycles. The number of hydrogen-bond acceptors (Lipinski definition) is 3. The minimum Gasteiger partial charge on any atom is -0.469 e. The predicted molar refractivity (Wildman–Crippen MR) is 63.0 cm³/mol. The molecule has 2 fully saturated rings. The van der Waals surface area contributed by atoms with Crippen LogP contribution in [0.1, 0.15) is 33.1 Å². The van der Waals surface area contributed by atoms with E-state index in [-0.39, 0.29) is 17.3 Å². The van der Waals surface area contributed by atoms with Gasteiger partial charge in [0.15, 0.2) is 0 Å². The molecule has 0 aromatic heterocycles. The lowest BCUT2D eigenvalue weighted by Crippen LogP contribution is -2.41. The van der Waals surface area contributed by atoms with E-state index in [1.807, 2.05) is 0 Å². The molecule has 4 atom stereocenters. The van der Waals surface area contributed by atoms with Gasteiger partial charge >= 0.3 is 5.97 Å². The third-order valence-corrected chi connectivity index (χ3v) is 4.85. The molecule has 16 heavy (non-hydrogen) atoms. The van der Waals surface area contributed by atoms with Gasteiger partial charge in [-0.2, -0.15) is 0 Å². The second-order valence-electron chi connectivity index (χ2n) is 5.77. The molecule has 92 valence electrons. The molecule has 1 aliphatic heterocycles. The Balaban J connectivity index is 2.14. The first-order valence-corrected chi connectivity index (χ1v) is 6.37. The van der Waals surface area contributed by atoms with Crippen LogP contribution in [0.15, 0.2) is 0 Å². The maximum atomic E-state index is 11.8. The van der Waals surface area contributed by atoms with E-state index in [1.54, 1.807) is 0 Å². The molecule has 3 heteroatoms. The first-order chi connectivity index (χ1) is 7.59. The number of esters is 1. The minimum atomic E-state index is -0.0215. The molecule has 0 aromatic carbocycles. The topological polar surface area (TPSA) is 38.3 Å². The normalized spacial score (nSPS) is 43.6. The van der Waals surface area contributed by atoms with E-state index in [0.29, 0.717) is 0 Å². The number of ether oxygens (including phenoxy) is 1. The van der Waals surface area contributed by atoms with Crippen LogP contribution in [0.2, 0.25) is 0 Å². The van der Waals surface area contributed by atoms with Gasteiger partial charge in [0.2, 0.25) is 0 Å². The molecule has 0 amide bonds. The first-order valence-electron chi connectivity index (χ1n) is 6.37. The lowest BCUT2D eigenvalue weighted by Gasteiger charge is -2.42. The molecule has 0 radical (unpaired) electrons. The lowest BCUT2D eigenvalue weighted by molar-refractivity contribution is -0.149. The van der Waals surface area contributed by atoms with Gasteiger partial charge in [-0.25, -0.2) is 0 Å². The molecular formula is C13H23NO2. The summed E-state index contributed by atoms with van der Waals surface area (Å²) < 4.78 is 4.94. The summed E-state index contributed by atoms with van der Waals surface area (Å²) >= 11 is 0. The first kappa shape index (κ1) is 11.9. The van der Waals surface area contributed by atoms with Crippen molar-refractivity contribution in [3.8, 4) is 0 Å². The zero-order chi connectivity index (χ0) is 11.8. The van der Waals surface area contributed by atoms with Gasteiger partial charge < -0.3 is 10.1 Å². The van der Waals surface area contributed by atoms with E-state index in [9.17, 15) is 4.79 Å². The number of carbonyl (C=O) groups excluding carboxylic acids is 1. The van der Waals surface area contributed by atoms with Crippen molar-refractivity contribution in [2.24, 2.45) is 23.2 Å². The number of nitrogens with one attached hydrogen (secondary N) is 1. The van der Waals surface area contributed by atoms with Crippen molar-refractivity contribution in [1.29, 1.82) is 0 Å². The molecular weight excluding hydrogens is 202 g/mol. The monoisotopic (exact) mass is 225 g/mol. The van der Waals surface area contributed by atoms with Gasteiger partial charge in [0, 0.05) is 13.1 Å². The minimum absolute atomic E-state index is 0.0215. The van der Waals surface area contributed by atoms with Crippen LogP contribution < -0.4 is 5.32 Å². The highest BCUT2D eigenvalue weighted by Crippen LogP contribution is 2.48. The summed E-state index contributed by atoms with van der Waals surface area (Å²) in [6.07, 6.45) is 3.59. The molecule has 0 aromatic rings. The van der Waals surface area contributed by atoms with Crippen LogP contribution in [0.4, 0.5) is 0 Å². The Morgan fingerprint density at radius 2 is 2.12 bits per heavy atom. The van der Waals surface area contributed by atoms with Crippen LogP contribution in [0, 0.1) is 23.2 Å². The molecule has 3 nitrogen and oxygen atoms in total. The molecule has 4 unspecified atom stereocenters. The number of rotatable bonds is 1. The SMILES string of the molecule is COC(=O)C1CNCC12CCC(C)C(C)C2. The quantitative estimate of drug-likeness (QED) is 0.692. The van der Waals surface area contributed by atoms with Gasteiger partial charge in [0.1, 0.15) is 0 Å². The third kappa shape index (κ3) is 1.86. The summed E-state index contributed by atoms with van der Waals surface area (Å²) in [5.41, 5.74) is 0.180. The molecule has 0 bridgehead atoms. The van der Waals surface area contributed by atoms with Crippen molar-refractivity contribution in [3.05, 3.63) is 0 Å². The average Bonchev–Trinajstić information content (AvgIpc) is 2.67. The highest BCUT2D eigenvalue weighted by Gasteiger charge is 2.50. The van der Waals surface area contributed by atoms with Crippen molar-refractivity contribution >= 4 is 5.97 Å². The Hall–Kier alpha value is -0.570.